The molecule has 0 aliphatic carbocycles. The van der Waals surface area contributed by atoms with Crippen LogP contribution in [0.3, 0.4) is 0 Å². The lowest BCUT2D eigenvalue weighted by Crippen LogP contribution is -2.38. The highest BCUT2D eigenvalue weighted by Gasteiger charge is 2.27. The number of hydrogen-bond donors (Lipinski definition) is 1. The van der Waals surface area contributed by atoms with Gasteiger partial charge >= 0.3 is 0 Å². The molecule has 1 saturated heterocycles. The van der Waals surface area contributed by atoms with Gasteiger partial charge in [-0.2, -0.15) is 0 Å². The van der Waals surface area contributed by atoms with Gasteiger partial charge in [-0.15, -0.1) is 0 Å². The molecule has 0 saturated carbocycles. The monoisotopic (exact) mass is 475 g/mol. The highest BCUT2D eigenvalue weighted by atomic mass is 16.5. The van der Waals surface area contributed by atoms with Gasteiger partial charge in [0.1, 0.15) is 5.82 Å². The summed E-state index contributed by atoms with van der Waals surface area (Å²) in [5.41, 5.74) is 2.99. The van der Waals surface area contributed by atoms with Crippen molar-refractivity contribution < 1.29 is 19.1 Å². The number of likely N-dealkylation sites (tertiary alicyclic amines) is 1. The number of rotatable bonds is 3. The molecule has 2 aliphatic heterocycles. The molecule has 2 aliphatic rings. The molecule has 1 N–H and O–H groups in total. The van der Waals surface area contributed by atoms with Gasteiger partial charge in [0.25, 0.3) is 11.8 Å². The molecule has 3 aromatic rings. The van der Waals surface area contributed by atoms with Gasteiger partial charge in [-0.25, -0.2) is 4.98 Å². The zero-order valence-corrected chi connectivity index (χ0v) is 20.2. The van der Waals surface area contributed by atoms with E-state index in [9.17, 15) is 9.59 Å². The van der Waals surface area contributed by atoms with Gasteiger partial charge in [0, 0.05) is 55.4 Å². The van der Waals surface area contributed by atoms with E-state index in [2.05, 4.69) is 22.2 Å². The van der Waals surface area contributed by atoms with Crippen LogP contribution >= 0.6 is 0 Å². The number of fused-ring (bicyclic) bond motifs is 7. The first-order valence-corrected chi connectivity index (χ1v) is 11.6. The molecule has 0 spiro atoms. The van der Waals surface area contributed by atoms with Gasteiger partial charge in [0.2, 0.25) is 0 Å². The Hall–Kier alpha value is -3.85. The molecule has 182 valence electrons. The Balaban J connectivity index is 1.58. The number of nitrogens with zero attached hydrogens (tertiary/aromatic N) is 4. The topological polar surface area (TPSA) is 88.9 Å². The summed E-state index contributed by atoms with van der Waals surface area (Å²) in [5, 5.41) is 2.89. The van der Waals surface area contributed by atoms with Crippen molar-refractivity contribution in [1.29, 1.82) is 0 Å². The largest absolute Gasteiger partial charge is 0.493 e. The number of likely N-dealkylation sites (N-methyl/N-ethyl adjacent to an activating group) is 2. The number of ether oxygens (including phenoxy) is 2. The summed E-state index contributed by atoms with van der Waals surface area (Å²) in [6.45, 7) is 1.95. The maximum atomic E-state index is 13.5. The average Bonchev–Trinajstić information content (AvgIpc) is 3.54. The second-order valence-corrected chi connectivity index (χ2v) is 9.06. The number of nitrogens with one attached hydrogen (secondary N) is 1. The molecular formula is C26H29N5O4. The molecule has 1 aromatic heterocycles. The number of methoxy groups -OCH3 is 1. The maximum Gasteiger partial charge on any atom is 0.258 e. The fraction of sp³-hybridized carbons (Fsp3) is 0.346. The molecule has 35 heavy (non-hydrogen) atoms. The molecule has 1 fully saturated rings. The minimum atomic E-state index is -0.265. The molecule has 2 amide bonds. The van der Waals surface area contributed by atoms with Crippen molar-refractivity contribution in [3.05, 3.63) is 59.9 Å². The van der Waals surface area contributed by atoms with E-state index in [-0.39, 0.29) is 31.0 Å². The van der Waals surface area contributed by atoms with Gasteiger partial charge in [0.15, 0.2) is 18.1 Å². The molecule has 4 bridgehead atoms. The van der Waals surface area contributed by atoms with Gasteiger partial charge in [-0.1, -0.05) is 0 Å². The first kappa shape index (κ1) is 22.9. The van der Waals surface area contributed by atoms with Crippen LogP contribution in [0.15, 0.2) is 48.8 Å². The average molecular weight is 476 g/mol. The van der Waals surface area contributed by atoms with E-state index in [0.29, 0.717) is 22.9 Å². The fourth-order valence-electron chi connectivity index (χ4n) is 4.68. The highest BCUT2D eigenvalue weighted by Crippen LogP contribution is 2.33. The van der Waals surface area contributed by atoms with Crippen molar-refractivity contribution in [3.8, 4) is 28.6 Å². The number of amides is 2. The summed E-state index contributed by atoms with van der Waals surface area (Å²) >= 11 is 0. The summed E-state index contributed by atoms with van der Waals surface area (Å²) in [5.74, 6) is 1.38. The minimum absolute atomic E-state index is 0.0409. The summed E-state index contributed by atoms with van der Waals surface area (Å²) in [4.78, 5) is 34.6. The first-order valence-electron chi connectivity index (χ1n) is 11.6. The van der Waals surface area contributed by atoms with E-state index >= 15 is 0 Å². The van der Waals surface area contributed by atoms with Crippen LogP contribution in [0.25, 0.3) is 17.1 Å². The Morgan fingerprint density at radius 3 is 2.89 bits per heavy atom. The van der Waals surface area contributed by atoms with Gasteiger partial charge < -0.3 is 24.6 Å². The van der Waals surface area contributed by atoms with Crippen LogP contribution in [0.4, 0.5) is 0 Å². The van der Waals surface area contributed by atoms with Gasteiger partial charge in [0.05, 0.1) is 7.11 Å². The maximum absolute atomic E-state index is 13.5. The van der Waals surface area contributed by atoms with Crippen molar-refractivity contribution >= 4 is 11.8 Å². The number of carbonyl (C=O) groups is 2. The van der Waals surface area contributed by atoms with E-state index in [4.69, 9.17) is 9.47 Å². The standard InChI is InChI=1S/C26H29N5O4/c1-29-8-6-20(15-29)30(2)26(33)19-10-17-11-21(12-19)31-9-7-27-25(31)18-4-5-22(34-3)23(13-18)35-16-24(32)28-14-17/h4-5,7,9-13,20H,6,8,14-16H2,1-3H3,(H,28,32). The number of aromatic nitrogens is 2. The predicted octanol–water partition coefficient (Wildman–Crippen LogP) is 2.33. The fourth-order valence-corrected chi connectivity index (χ4v) is 4.68. The number of benzene rings is 2. The zero-order valence-electron chi connectivity index (χ0n) is 20.2. The Morgan fingerprint density at radius 1 is 1.26 bits per heavy atom. The molecular weight excluding hydrogens is 446 g/mol. The molecule has 3 heterocycles. The normalized spacial score (nSPS) is 17.8. The molecule has 0 radical (unpaired) electrons. The number of imidazole rings is 1. The third-order valence-corrected chi connectivity index (χ3v) is 6.65. The van der Waals surface area contributed by atoms with Crippen LogP contribution in [0.2, 0.25) is 0 Å². The Labute approximate surface area is 204 Å². The summed E-state index contributed by atoms with van der Waals surface area (Å²) in [7, 11) is 5.49. The van der Waals surface area contributed by atoms with E-state index in [1.807, 2.05) is 53.0 Å². The van der Waals surface area contributed by atoms with E-state index in [1.54, 1.807) is 19.4 Å². The lowest BCUT2D eigenvalue weighted by Gasteiger charge is -2.25. The van der Waals surface area contributed by atoms with Crippen LogP contribution < -0.4 is 14.8 Å². The second-order valence-electron chi connectivity index (χ2n) is 9.06. The van der Waals surface area contributed by atoms with Crippen LogP contribution in [0.1, 0.15) is 22.3 Å². The minimum Gasteiger partial charge on any atom is -0.493 e. The van der Waals surface area contributed by atoms with Crippen molar-refractivity contribution in [2.75, 3.05) is 40.9 Å². The summed E-state index contributed by atoms with van der Waals surface area (Å²) in [6.07, 6.45) is 4.54. The van der Waals surface area contributed by atoms with Gasteiger partial charge in [-0.3, -0.25) is 14.2 Å². The van der Waals surface area contributed by atoms with Crippen molar-refractivity contribution in [1.82, 2.24) is 24.7 Å². The Morgan fingerprint density at radius 2 is 2.11 bits per heavy atom. The summed E-state index contributed by atoms with van der Waals surface area (Å²) in [6, 6.07) is 11.4. The van der Waals surface area contributed by atoms with Crippen LogP contribution in [-0.2, 0) is 11.3 Å². The number of hydrogen-bond acceptors (Lipinski definition) is 6. The molecule has 5 rings (SSSR count). The van der Waals surface area contributed by atoms with Crippen molar-refractivity contribution in [2.24, 2.45) is 0 Å². The quantitative estimate of drug-likeness (QED) is 0.626. The third kappa shape index (κ3) is 4.59. The van der Waals surface area contributed by atoms with Crippen molar-refractivity contribution in [3.63, 3.8) is 0 Å². The van der Waals surface area contributed by atoms with Gasteiger partial charge in [-0.05, 0) is 62.0 Å². The van der Waals surface area contributed by atoms with Crippen LogP contribution in [-0.4, -0.2) is 78.1 Å². The van der Waals surface area contributed by atoms with Crippen LogP contribution in [0.5, 0.6) is 11.5 Å². The van der Waals surface area contributed by atoms with E-state index in [0.717, 1.165) is 36.3 Å². The van der Waals surface area contributed by atoms with E-state index in [1.165, 1.54) is 0 Å². The number of carbonyl (C=O) groups excluding carboxylic acids is 2. The van der Waals surface area contributed by atoms with Crippen molar-refractivity contribution in [2.45, 2.75) is 19.0 Å². The smallest absolute Gasteiger partial charge is 0.258 e. The zero-order chi connectivity index (χ0) is 24.5. The lowest BCUT2D eigenvalue weighted by molar-refractivity contribution is -0.123. The third-order valence-electron chi connectivity index (χ3n) is 6.65. The lowest BCUT2D eigenvalue weighted by atomic mass is 10.1. The van der Waals surface area contributed by atoms with E-state index < -0.39 is 0 Å². The Bertz CT molecular complexity index is 1270. The molecule has 2 aromatic carbocycles. The predicted molar refractivity (Wildman–Crippen MR) is 131 cm³/mol. The Kier molecular flexibility index (Phi) is 6.17. The molecule has 1 unspecified atom stereocenters. The second kappa shape index (κ2) is 9.42. The highest BCUT2D eigenvalue weighted by molar-refractivity contribution is 5.95. The molecule has 9 heteroatoms. The molecule has 9 nitrogen and oxygen atoms in total. The first-order chi connectivity index (χ1) is 16.9. The van der Waals surface area contributed by atoms with Crippen LogP contribution in [0, 0.1) is 0 Å². The summed E-state index contributed by atoms with van der Waals surface area (Å²) < 4.78 is 13.1. The SMILES string of the molecule is COc1ccc2cc1OCC(=O)NCc1cc(C(=O)N(C)C3CCN(C)C3)cc(c1)-n1ccnc1-2. The molecule has 1 atom stereocenters.